The standard InChI is InChI=1S/C14H28N4O2S/c1-11-6-8-14(9-7-11,13(15)16)17-21(19,20)18-10-4-3-5-12(18)2/h11-12,17H,3-10H2,1-2H3,(H3,15,16). The maximum atomic E-state index is 12.7. The zero-order valence-electron chi connectivity index (χ0n) is 13.1. The molecule has 0 bridgehead atoms. The first-order chi connectivity index (χ1) is 9.77. The van der Waals surface area contributed by atoms with Crippen LogP contribution >= 0.6 is 0 Å². The highest BCUT2D eigenvalue weighted by Crippen LogP contribution is 2.33. The average molecular weight is 316 g/mol. The van der Waals surface area contributed by atoms with Gasteiger partial charge in [0.15, 0.2) is 0 Å². The summed E-state index contributed by atoms with van der Waals surface area (Å²) in [5, 5.41) is 7.88. The normalized spacial score (nSPS) is 35.5. The quantitative estimate of drug-likeness (QED) is 0.542. The topological polar surface area (TPSA) is 99.3 Å². The van der Waals surface area contributed by atoms with Gasteiger partial charge in [-0.05, 0) is 51.4 Å². The van der Waals surface area contributed by atoms with Crippen LogP contribution in [-0.2, 0) is 10.2 Å². The first-order valence-electron chi connectivity index (χ1n) is 7.92. The highest BCUT2D eigenvalue weighted by atomic mass is 32.2. The van der Waals surface area contributed by atoms with Gasteiger partial charge in [-0.2, -0.15) is 17.4 Å². The third-order valence-corrected chi connectivity index (χ3v) is 6.83. The van der Waals surface area contributed by atoms with Crippen LogP contribution in [-0.4, -0.2) is 36.7 Å². The van der Waals surface area contributed by atoms with Crippen molar-refractivity contribution in [1.82, 2.24) is 9.03 Å². The Morgan fingerprint density at radius 2 is 1.86 bits per heavy atom. The third-order valence-electron chi connectivity index (χ3n) is 5.02. The van der Waals surface area contributed by atoms with Crippen molar-refractivity contribution in [3.05, 3.63) is 0 Å². The molecule has 0 radical (unpaired) electrons. The highest BCUT2D eigenvalue weighted by Gasteiger charge is 2.43. The molecule has 2 fully saturated rings. The summed E-state index contributed by atoms with van der Waals surface area (Å²) >= 11 is 0. The fourth-order valence-corrected chi connectivity index (χ4v) is 5.29. The summed E-state index contributed by atoms with van der Waals surface area (Å²) in [6, 6.07) is 0.0165. The van der Waals surface area contributed by atoms with E-state index in [-0.39, 0.29) is 11.9 Å². The molecule has 1 unspecified atom stereocenters. The molecular weight excluding hydrogens is 288 g/mol. The Kier molecular flexibility index (Phi) is 4.95. The zero-order chi connectivity index (χ0) is 15.7. The van der Waals surface area contributed by atoms with Crippen LogP contribution in [0.2, 0.25) is 0 Å². The fraction of sp³-hybridized carbons (Fsp3) is 0.929. The summed E-state index contributed by atoms with van der Waals surface area (Å²) in [5.74, 6) is 0.513. The van der Waals surface area contributed by atoms with E-state index in [4.69, 9.17) is 11.1 Å². The van der Waals surface area contributed by atoms with Gasteiger partial charge >= 0.3 is 0 Å². The van der Waals surface area contributed by atoms with E-state index in [9.17, 15) is 8.42 Å². The van der Waals surface area contributed by atoms with E-state index in [0.29, 0.717) is 25.3 Å². The lowest BCUT2D eigenvalue weighted by atomic mass is 9.77. The molecule has 2 rings (SSSR count). The molecule has 0 aromatic carbocycles. The molecule has 1 heterocycles. The summed E-state index contributed by atoms with van der Waals surface area (Å²) < 4.78 is 29.8. The van der Waals surface area contributed by atoms with Crippen molar-refractivity contribution >= 4 is 16.0 Å². The Balaban J connectivity index is 2.18. The predicted octanol–water partition coefficient (Wildman–Crippen LogP) is 1.58. The van der Waals surface area contributed by atoms with E-state index in [1.54, 1.807) is 4.31 Å². The molecule has 4 N–H and O–H groups in total. The minimum atomic E-state index is -3.59. The van der Waals surface area contributed by atoms with Gasteiger partial charge in [-0.3, -0.25) is 5.41 Å². The molecule has 21 heavy (non-hydrogen) atoms. The van der Waals surface area contributed by atoms with Crippen LogP contribution in [0, 0.1) is 11.3 Å². The Labute approximate surface area is 128 Å². The van der Waals surface area contributed by atoms with Crippen molar-refractivity contribution in [1.29, 1.82) is 5.41 Å². The second-order valence-electron chi connectivity index (χ2n) is 6.74. The molecule has 1 saturated heterocycles. The average Bonchev–Trinajstić information content (AvgIpc) is 2.41. The Bertz CT molecular complexity index is 483. The summed E-state index contributed by atoms with van der Waals surface area (Å²) in [4.78, 5) is 0. The molecule has 1 atom stereocenters. The van der Waals surface area contributed by atoms with E-state index >= 15 is 0 Å². The minimum absolute atomic E-state index is 0.0165. The van der Waals surface area contributed by atoms with Crippen molar-refractivity contribution in [2.45, 2.75) is 70.4 Å². The van der Waals surface area contributed by atoms with Gasteiger partial charge in [-0.15, -0.1) is 0 Å². The van der Waals surface area contributed by atoms with Gasteiger partial charge in [0.05, 0.1) is 5.54 Å². The summed E-state index contributed by atoms with van der Waals surface area (Å²) in [6.07, 6.45) is 5.90. The maximum Gasteiger partial charge on any atom is 0.280 e. The molecule has 0 spiro atoms. The molecular formula is C14H28N4O2S. The summed E-state index contributed by atoms with van der Waals surface area (Å²) in [7, 11) is -3.59. The molecule has 2 aliphatic rings. The molecule has 1 aliphatic carbocycles. The number of rotatable bonds is 4. The number of hydrogen-bond acceptors (Lipinski definition) is 3. The van der Waals surface area contributed by atoms with E-state index < -0.39 is 15.7 Å². The second kappa shape index (κ2) is 6.22. The van der Waals surface area contributed by atoms with Crippen LogP contribution in [0.15, 0.2) is 0 Å². The van der Waals surface area contributed by atoms with Crippen molar-refractivity contribution < 1.29 is 8.42 Å². The third kappa shape index (κ3) is 3.57. The minimum Gasteiger partial charge on any atom is -0.386 e. The molecule has 7 heteroatoms. The van der Waals surface area contributed by atoms with Gasteiger partial charge in [-0.1, -0.05) is 13.3 Å². The van der Waals surface area contributed by atoms with E-state index in [0.717, 1.165) is 32.1 Å². The van der Waals surface area contributed by atoms with Crippen molar-refractivity contribution in [3.63, 3.8) is 0 Å². The first kappa shape index (κ1) is 16.7. The van der Waals surface area contributed by atoms with Crippen molar-refractivity contribution in [2.75, 3.05) is 6.54 Å². The van der Waals surface area contributed by atoms with Gasteiger partial charge in [0, 0.05) is 12.6 Å². The largest absolute Gasteiger partial charge is 0.386 e. The van der Waals surface area contributed by atoms with Crippen molar-refractivity contribution in [3.8, 4) is 0 Å². The predicted molar refractivity (Wildman–Crippen MR) is 84.4 cm³/mol. The van der Waals surface area contributed by atoms with Gasteiger partial charge in [-0.25, -0.2) is 0 Å². The number of piperidine rings is 1. The van der Waals surface area contributed by atoms with Crippen LogP contribution in [0.4, 0.5) is 0 Å². The van der Waals surface area contributed by atoms with Gasteiger partial charge in [0.1, 0.15) is 5.84 Å². The Morgan fingerprint density at radius 1 is 1.24 bits per heavy atom. The van der Waals surface area contributed by atoms with Gasteiger partial charge in [0.2, 0.25) is 0 Å². The molecule has 0 aromatic heterocycles. The van der Waals surface area contributed by atoms with Crippen LogP contribution in [0.25, 0.3) is 0 Å². The first-order valence-corrected chi connectivity index (χ1v) is 9.36. The molecule has 6 nitrogen and oxygen atoms in total. The molecule has 0 aromatic rings. The number of hydrogen-bond donors (Lipinski definition) is 3. The molecule has 0 amide bonds. The lowest BCUT2D eigenvalue weighted by Crippen LogP contribution is -2.62. The maximum absolute atomic E-state index is 12.7. The van der Waals surface area contributed by atoms with E-state index in [2.05, 4.69) is 11.6 Å². The fourth-order valence-electron chi connectivity index (χ4n) is 3.42. The lowest BCUT2D eigenvalue weighted by molar-refractivity contribution is 0.246. The lowest BCUT2D eigenvalue weighted by Gasteiger charge is -2.41. The number of amidine groups is 1. The van der Waals surface area contributed by atoms with E-state index in [1.807, 2.05) is 6.92 Å². The number of nitrogens with zero attached hydrogens (tertiary/aromatic N) is 1. The molecule has 1 aliphatic heterocycles. The van der Waals surface area contributed by atoms with Crippen LogP contribution in [0.3, 0.4) is 0 Å². The highest BCUT2D eigenvalue weighted by molar-refractivity contribution is 7.87. The number of nitrogens with one attached hydrogen (secondary N) is 2. The van der Waals surface area contributed by atoms with Crippen molar-refractivity contribution in [2.24, 2.45) is 11.7 Å². The van der Waals surface area contributed by atoms with Crippen LogP contribution in [0.1, 0.15) is 58.8 Å². The van der Waals surface area contributed by atoms with Gasteiger partial charge < -0.3 is 5.73 Å². The zero-order valence-corrected chi connectivity index (χ0v) is 13.9. The summed E-state index contributed by atoms with van der Waals surface area (Å²) in [5.41, 5.74) is 4.87. The van der Waals surface area contributed by atoms with E-state index in [1.165, 1.54) is 0 Å². The monoisotopic (exact) mass is 316 g/mol. The van der Waals surface area contributed by atoms with Crippen LogP contribution < -0.4 is 10.5 Å². The Morgan fingerprint density at radius 3 is 2.38 bits per heavy atom. The second-order valence-corrected chi connectivity index (χ2v) is 8.36. The number of nitrogens with two attached hydrogens (primary N) is 1. The summed E-state index contributed by atoms with van der Waals surface area (Å²) in [6.45, 7) is 4.66. The Hall–Kier alpha value is -0.660. The van der Waals surface area contributed by atoms with Gasteiger partial charge in [0.25, 0.3) is 10.2 Å². The van der Waals surface area contributed by atoms with Crippen LogP contribution in [0.5, 0.6) is 0 Å². The smallest absolute Gasteiger partial charge is 0.280 e. The molecule has 1 saturated carbocycles. The molecule has 122 valence electrons. The SMILES string of the molecule is CC1CCC(NS(=O)(=O)N2CCCCC2C)(C(=N)N)CC1.